The Labute approximate surface area is 126 Å². The quantitative estimate of drug-likeness (QED) is 0.635. The van der Waals surface area contributed by atoms with Crippen LogP contribution in [0.2, 0.25) is 0 Å². The van der Waals surface area contributed by atoms with Crippen LogP contribution in [-0.4, -0.2) is 39.9 Å². The number of hydrogen-bond acceptors (Lipinski definition) is 5. The van der Waals surface area contributed by atoms with Gasteiger partial charge < -0.3 is 9.64 Å². The van der Waals surface area contributed by atoms with Gasteiger partial charge in [-0.3, -0.25) is 19.9 Å². The van der Waals surface area contributed by atoms with Crippen LogP contribution in [-0.2, 0) is 0 Å². The Hall–Kier alpha value is -2.96. The molecule has 2 heterocycles. The van der Waals surface area contributed by atoms with Gasteiger partial charge in [0.15, 0.2) is 0 Å². The summed E-state index contributed by atoms with van der Waals surface area (Å²) in [6.07, 6.45) is 3.14. The molecule has 1 aliphatic heterocycles. The number of aromatic nitrogens is 1. The summed E-state index contributed by atoms with van der Waals surface area (Å²) in [6, 6.07) is 9.51. The second-order valence-electron chi connectivity index (χ2n) is 4.91. The fraction of sp³-hybridized carbons (Fsp3) is 0.200. The highest BCUT2D eigenvalue weighted by Crippen LogP contribution is 2.23. The normalized spacial score (nSPS) is 14.3. The molecule has 0 saturated carbocycles. The maximum Gasteiger partial charge on any atom is 0.282 e. The average molecular weight is 299 g/mol. The van der Waals surface area contributed by atoms with Crippen LogP contribution in [0.3, 0.4) is 0 Å². The number of benzene rings is 1. The van der Waals surface area contributed by atoms with Crippen LogP contribution >= 0.6 is 0 Å². The van der Waals surface area contributed by atoms with Crippen LogP contribution < -0.4 is 4.74 Å². The van der Waals surface area contributed by atoms with Crippen molar-refractivity contribution in [2.24, 2.45) is 0 Å². The molecule has 2 aromatic rings. The van der Waals surface area contributed by atoms with E-state index < -0.39 is 4.92 Å². The zero-order valence-corrected chi connectivity index (χ0v) is 11.6. The van der Waals surface area contributed by atoms with E-state index in [2.05, 4.69) is 4.98 Å². The number of hydrogen-bond donors (Lipinski definition) is 0. The molecule has 112 valence electrons. The Morgan fingerprint density at radius 2 is 2.05 bits per heavy atom. The van der Waals surface area contributed by atoms with Crippen LogP contribution in [0.4, 0.5) is 5.69 Å². The minimum absolute atomic E-state index is 0.104. The number of carbonyl (C=O) groups is 1. The molecule has 1 aromatic heterocycles. The molecule has 0 spiro atoms. The van der Waals surface area contributed by atoms with Crippen LogP contribution in [0.5, 0.6) is 5.75 Å². The van der Waals surface area contributed by atoms with E-state index in [1.54, 1.807) is 36.7 Å². The molecular formula is C15H13N3O4. The number of nitro benzene ring substituents is 1. The number of pyridine rings is 1. The lowest BCUT2D eigenvalue weighted by Crippen LogP contribution is -2.56. The van der Waals surface area contributed by atoms with Crippen LogP contribution in [0.1, 0.15) is 10.4 Å². The Morgan fingerprint density at radius 3 is 2.73 bits per heavy atom. The van der Waals surface area contributed by atoms with E-state index in [1.807, 2.05) is 0 Å². The van der Waals surface area contributed by atoms with Gasteiger partial charge in [-0.05, 0) is 18.2 Å². The lowest BCUT2D eigenvalue weighted by molar-refractivity contribution is -0.385. The van der Waals surface area contributed by atoms with Crippen LogP contribution in [0, 0.1) is 10.1 Å². The van der Waals surface area contributed by atoms with Crippen LogP contribution in [0.25, 0.3) is 0 Å². The molecule has 0 bridgehead atoms. The zero-order chi connectivity index (χ0) is 15.5. The molecule has 3 rings (SSSR count). The minimum Gasteiger partial charge on any atom is -0.485 e. The van der Waals surface area contributed by atoms with Crippen molar-refractivity contribution < 1.29 is 14.5 Å². The molecule has 0 radical (unpaired) electrons. The van der Waals surface area contributed by atoms with Crippen LogP contribution in [0.15, 0.2) is 48.8 Å². The molecule has 1 aliphatic rings. The highest BCUT2D eigenvalue weighted by atomic mass is 16.6. The van der Waals surface area contributed by atoms with Gasteiger partial charge in [0.25, 0.3) is 11.6 Å². The maximum absolute atomic E-state index is 12.3. The topological polar surface area (TPSA) is 85.6 Å². The second-order valence-corrected chi connectivity index (χ2v) is 4.91. The standard InChI is InChI=1S/C15H13N3O4/c19-15(13-5-1-2-6-14(13)18(20)21)17-9-12(10-17)22-11-4-3-7-16-8-11/h1-8,12H,9-10H2. The zero-order valence-electron chi connectivity index (χ0n) is 11.6. The number of ether oxygens (including phenoxy) is 1. The average Bonchev–Trinajstić information content (AvgIpc) is 2.51. The van der Waals surface area contributed by atoms with Crippen molar-refractivity contribution >= 4 is 11.6 Å². The van der Waals surface area contributed by atoms with Gasteiger partial charge in [0.05, 0.1) is 24.2 Å². The summed E-state index contributed by atoms with van der Waals surface area (Å²) in [5, 5.41) is 11.0. The summed E-state index contributed by atoms with van der Waals surface area (Å²) >= 11 is 0. The molecule has 7 heteroatoms. The van der Waals surface area contributed by atoms with Gasteiger partial charge in [-0.15, -0.1) is 0 Å². The lowest BCUT2D eigenvalue weighted by Gasteiger charge is -2.38. The van der Waals surface area contributed by atoms with Crippen molar-refractivity contribution in [3.05, 3.63) is 64.5 Å². The Morgan fingerprint density at radius 1 is 1.27 bits per heavy atom. The number of rotatable bonds is 4. The van der Waals surface area contributed by atoms with Gasteiger partial charge in [0, 0.05) is 12.3 Å². The molecule has 0 unspecified atom stereocenters. The number of para-hydroxylation sites is 1. The number of likely N-dealkylation sites (tertiary alicyclic amines) is 1. The van der Waals surface area contributed by atoms with Crippen molar-refractivity contribution in [1.29, 1.82) is 0 Å². The van der Waals surface area contributed by atoms with Gasteiger partial charge in [-0.2, -0.15) is 0 Å². The largest absolute Gasteiger partial charge is 0.485 e. The van der Waals surface area contributed by atoms with E-state index in [-0.39, 0.29) is 23.3 Å². The fourth-order valence-corrected chi connectivity index (χ4v) is 2.27. The van der Waals surface area contributed by atoms with Crippen molar-refractivity contribution in [3.63, 3.8) is 0 Å². The second kappa shape index (κ2) is 5.80. The molecule has 1 saturated heterocycles. The Kier molecular flexibility index (Phi) is 3.69. The molecular weight excluding hydrogens is 286 g/mol. The third-order valence-electron chi connectivity index (χ3n) is 3.40. The van der Waals surface area contributed by atoms with E-state index in [1.165, 1.54) is 17.0 Å². The summed E-state index contributed by atoms with van der Waals surface area (Å²) in [7, 11) is 0. The summed E-state index contributed by atoms with van der Waals surface area (Å²) in [5.41, 5.74) is -0.0727. The first kappa shape index (κ1) is 14.0. The smallest absolute Gasteiger partial charge is 0.282 e. The predicted molar refractivity (Wildman–Crippen MR) is 77.7 cm³/mol. The summed E-state index contributed by atoms with van der Waals surface area (Å²) in [6.45, 7) is 0.805. The number of amides is 1. The molecule has 1 fully saturated rings. The lowest BCUT2D eigenvalue weighted by atomic mass is 10.1. The third kappa shape index (κ3) is 2.73. The van der Waals surface area contributed by atoms with Gasteiger partial charge in [0.1, 0.15) is 17.4 Å². The van der Waals surface area contributed by atoms with E-state index in [4.69, 9.17) is 4.74 Å². The SMILES string of the molecule is O=C(c1ccccc1[N+](=O)[O-])N1CC(Oc2cccnc2)C1. The summed E-state index contributed by atoms with van der Waals surface area (Å²) in [5.74, 6) is 0.295. The molecule has 22 heavy (non-hydrogen) atoms. The third-order valence-corrected chi connectivity index (χ3v) is 3.40. The van der Waals surface area contributed by atoms with E-state index >= 15 is 0 Å². The molecule has 0 N–H and O–H groups in total. The number of nitro groups is 1. The first-order valence-corrected chi connectivity index (χ1v) is 6.74. The van der Waals surface area contributed by atoms with E-state index in [9.17, 15) is 14.9 Å². The summed E-state index contributed by atoms with van der Waals surface area (Å²) in [4.78, 5) is 28.2. The van der Waals surface area contributed by atoms with Crippen molar-refractivity contribution in [3.8, 4) is 5.75 Å². The highest BCUT2D eigenvalue weighted by Gasteiger charge is 2.35. The Bertz CT molecular complexity index is 699. The van der Waals surface area contributed by atoms with Crippen molar-refractivity contribution in [2.75, 3.05) is 13.1 Å². The molecule has 1 aromatic carbocycles. The molecule has 0 atom stereocenters. The van der Waals surface area contributed by atoms with Gasteiger partial charge in [0.2, 0.25) is 0 Å². The van der Waals surface area contributed by atoms with Crippen molar-refractivity contribution in [1.82, 2.24) is 9.88 Å². The highest BCUT2D eigenvalue weighted by molar-refractivity contribution is 5.98. The fourth-order valence-electron chi connectivity index (χ4n) is 2.27. The number of nitrogens with zero attached hydrogens (tertiary/aromatic N) is 3. The first-order chi connectivity index (χ1) is 10.6. The number of carbonyl (C=O) groups excluding carboxylic acids is 1. The first-order valence-electron chi connectivity index (χ1n) is 6.74. The Balaban J connectivity index is 1.63. The van der Waals surface area contributed by atoms with E-state index in [0.717, 1.165) is 0 Å². The molecule has 0 aliphatic carbocycles. The maximum atomic E-state index is 12.3. The molecule has 1 amide bonds. The van der Waals surface area contributed by atoms with Crippen molar-refractivity contribution in [2.45, 2.75) is 6.10 Å². The van der Waals surface area contributed by atoms with Gasteiger partial charge in [-0.25, -0.2) is 0 Å². The van der Waals surface area contributed by atoms with Gasteiger partial charge >= 0.3 is 0 Å². The molecule has 7 nitrogen and oxygen atoms in total. The monoisotopic (exact) mass is 299 g/mol. The van der Waals surface area contributed by atoms with Gasteiger partial charge in [-0.1, -0.05) is 12.1 Å². The van der Waals surface area contributed by atoms with E-state index in [0.29, 0.717) is 18.8 Å². The summed E-state index contributed by atoms with van der Waals surface area (Å²) < 4.78 is 5.65. The predicted octanol–water partition coefficient (Wildman–Crippen LogP) is 1.89. The minimum atomic E-state index is -0.545.